The lowest BCUT2D eigenvalue weighted by Crippen LogP contribution is -2.19. The maximum absolute atomic E-state index is 12.8. The monoisotopic (exact) mass is 506 g/mol. The molecule has 2 aromatic carbocycles. The first kappa shape index (κ1) is 23.4. The lowest BCUT2D eigenvalue weighted by Gasteiger charge is -2.13. The van der Waals surface area contributed by atoms with Gasteiger partial charge < -0.3 is 15.2 Å². The summed E-state index contributed by atoms with van der Waals surface area (Å²) in [6.07, 6.45) is 1.40. The molecule has 10 heteroatoms. The van der Waals surface area contributed by atoms with Gasteiger partial charge in [0.25, 0.3) is 5.56 Å². The van der Waals surface area contributed by atoms with Gasteiger partial charge in [-0.3, -0.25) is 9.48 Å². The molecule has 0 saturated heterocycles. The van der Waals surface area contributed by atoms with E-state index >= 15 is 0 Å². The van der Waals surface area contributed by atoms with Crippen molar-refractivity contribution in [2.24, 2.45) is 17.8 Å². The van der Waals surface area contributed by atoms with Crippen molar-refractivity contribution in [3.05, 3.63) is 86.0 Å². The van der Waals surface area contributed by atoms with Crippen molar-refractivity contribution in [2.75, 3.05) is 7.11 Å². The number of ether oxygens (including phenoxy) is 2. The molecule has 166 valence electrons. The largest absolute Gasteiger partial charge is 0.493 e. The maximum atomic E-state index is 12.8. The molecule has 1 heterocycles. The van der Waals surface area contributed by atoms with Crippen LogP contribution in [0.15, 0.2) is 74.2 Å². The lowest BCUT2D eigenvalue weighted by molar-refractivity contribution is 0.274. The van der Waals surface area contributed by atoms with E-state index in [1.165, 1.54) is 13.3 Å². The number of hydrogen-bond donors (Lipinski definition) is 1. The number of rotatable bonds is 7. The molecule has 0 radical (unpaired) electrons. The van der Waals surface area contributed by atoms with Gasteiger partial charge in [0.15, 0.2) is 17.2 Å². The summed E-state index contributed by atoms with van der Waals surface area (Å²) in [4.78, 5) is 16.7. The van der Waals surface area contributed by atoms with Gasteiger partial charge in [0, 0.05) is 13.3 Å². The van der Waals surface area contributed by atoms with Crippen LogP contribution >= 0.6 is 15.9 Å². The number of allylic oxidation sites excluding steroid dienone is 2. The highest BCUT2D eigenvalue weighted by Crippen LogP contribution is 2.29. The minimum absolute atomic E-state index is 0.107. The Morgan fingerprint density at radius 3 is 2.55 bits per heavy atom. The van der Waals surface area contributed by atoms with E-state index in [-0.39, 0.29) is 23.6 Å². The fourth-order valence-electron chi connectivity index (χ4n) is 3.01. The maximum Gasteiger partial charge on any atom is 0.286 e. The number of methoxy groups -OCH3 is 1. The van der Waals surface area contributed by atoms with E-state index < -0.39 is 0 Å². The minimum Gasteiger partial charge on any atom is -0.493 e. The molecule has 9 nitrogen and oxygen atoms in total. The van der Waals surface area contributed by atoms with Gasteiger partial charge in [-0.1, -0.05) is 18.2 Å². The Morgan fingerprint density at radius 2 is 1.91 bits per heavy atom. The molecule has 2 N–H and O–H groups in total. The first-order valence-corrected chi connectivity index (χ1v) is 10.4. The molecule has 0 bridgehead atoms. The smallest absolute Gasteiger partial charge is 0.286 e. The van der Waals surface area contributed by atoms with Crippen molar-refractivity contribution < 1.29 is 9.47 Å². The molecule has 0 aliphatic rings. The highest BCUT2D eigenvalue weighted by molar-refractivity contribution is 9.10. The van der Waals surface area contributed by atoms with Crippen molar-refractivity contribution in [2.45, 2.75) is 6.61 Å². The van der Waals surface area contributed by atoms with E-state index in [0.29, 0.717) is 27.2 Å². The quantitative estimate of drug-likeness (QED) is 0.386. The Kier molecular flexibility index (Phi) is 7.34. The van der Waals surface area contributed by atoms with Gasteiger partial charge in [-0.15, -0.1) is 0 Å². The molecule has 0 spiro atoms. The normalized spacial score (nSPS) is 11.5. The molecule has 3 aromatic rings. The Morgan fingerprint density at radius 1 is 1.18 bits per heavy atom. The number of nitriles is 2. The third-order valence-corrected chi connectivity index (χ3v) is 5.50. The van der Waals surface area contributed by atoms with Crippen LogP contribution in [0.4, 0.5) is 0 Å². The molecule has 0 unspecified atom stereocenters. The molecule has 0 atom stereocenters. The van der Waals surface area contributed by atoms with Crippen LogP contribution in [0.3, 0.4) is 0 Å². The molecule has 3 rings (SSSR count). The standard InChI is InChI=1S/C23H19BrN6O3/c1-29-19(22(24)23(31)30(29)16-6-4-3-5-7-16)14-33-20-9-8-15(10-21(20)32-2)13-28-18(12-26)17(27)11-25/h3-10,13H,14,27H2,1-2H3/b18-17+,28-13?. The van der Waals surface area contributed by atoms with Crippen LogP contribution in [0.25, 0.3) is 5.69 Å². The molecular weight excluding hydrogens is 488 g/mol. The van der Waals surface area contributed by atoms with Crippen molar-refractivity contribution >= 4 is 22.1 Å². The van der Waals surface area contributed by atoms with Gasteiger partial charge in [0.05, 0.1) is 18.5 Å². The fraction of sp³-hybridized carbons (Fsp3) is 0.130. The van der Waals surface area contributed by atoms with E-state index in [1.807, 2.05) is 30.3 Å². The highest BCUT2D eigenvalue weighted by Gasteiger charge is 2.18. The second kappa shape index (κ2) is 10.4. The lowest BCUT2D eigenvalue weighted by atomic mass is 10.2. The zero-order valence-electron chi connectivity index (χ0n) is 17.8. The third kappa shape index (κ3) is 4.97. The number of nitrogens with two attached hydrogens (primary N) is 1. The first-order chi connectivity index (χ1) is 15.9. The number of hydrogen-bond acceptors (Lipinski definition) is 7. The summed E-state index contributed by atoms with van der Waals surface area (Å²) in [6.45, 7) is 0.107. The topological polar surface area (TPSA) is 131 Å². The summed E-state index contributed by atoms with van der Waals surface area (Å²) in [7, 11) is 3.27. The van der Waals surface area contributed by atoms with Crippen molar-refractivity contribution in [1.82, 2.24) is 9.36 Å². The second-order valence-electron chi connectivity index (χ2n) is 6.68. The average molecular weight is 507 g/mol. The zero-order chi connectivity index (χ0) is 24.0. The summed E-state index contributed by atoms with van der Waals surface area (Å²) in [5, 5.41) is 17.8. The van der Waals surface area contributed by atoms with Crippen LogP contribution in [0.5, 0.6) is 11.5 Å². The van der Waals surface area contributed by atoms with Gasteiger partial charge in [-0.25, -0.2) is 9.67 Å². The molecule has 0 amide bonds. The van der Waals surface area contributed by atoms with Crippen molar-refractivity contribution in [3.63, 3.8) is 0 Å². The minimum atomic E-state index is -0.265. The fourth-order valence-corrected chi connectivity index (χ4v) is 3.55. The van der Waals surface area contributed by atoms with Crippen LogP contribution in [0.1, 0.15) is 11.3 Å². The molecule has 33 heavy (non-hydrogen) atoms. The van der Waals surface area contributed by atoms with Crippen LogP contribution < -0.4 is 20.8 Å². The molecule has 0 aliphatic carbocycles. The molecule has 0 saturated carbocycles. The number of aromatic nitrogens is 2. The van der Waals surface area contributed by atoms with E-state index in [2.05, 4.69) is 20.9 Å². The Labute approximate surface area is 198 Å². The van der Waals surface area contributed by atoms with Gasteiger partial charge in [-0.2, -0.15) is 10.5 Å². The predicted octanol–water partition coefficient (Wildman–Crippen LogP) is 3.16. The number of aliphatic imine (C=N–C) groups is 1. The SMILES string of the molecule is COc1cc(C=N/C(C#N)=C(/N)C#N)ccc1OCc1c(Br)c(=O)n(-c2ccccc2)n1C. The third-order valence-electron chi connectivity index (χ3n) is 4.70. The predicted molar refractivity (Wildman–Crippen MR) is 126 cm³/mol. The van der Waals surface area contributed by atoms with E-state index in [0.717, 1.165) is 5.69 Å². The zero-order valence-corrected chi connectivity index (χ0v) is 19.4. The second-order valence-corrected chi connectivity index (χ2v) is 7.47. The summed E-state index contributed by atoms with van der Waals surface area (Å²) in [5.74, 6) is 0.882. The van der Waals surface area contributed by atoms with Gasteiger partial charge in [-0.05, 0) is 51.8 Å². The molecule has 0 aliphatic heterocycles. The Balaban J connectivity index is 1.85. The summed E-state index contributed by atoms with van der Waals surface area (Å²) < 4.78 is 15.0. The van der Waals surface area contributed by atoms with Crippen LogP contribution in [-0.4, -0.2) is 22.7 Å². The van der Waals surface area contributed by atoms with Gasteiger partial charge in [0.2, 0.25) is 0 Å². The Bertz CT molecular complexity index is 1370. The first-order valence-electron chi connectivity index (χ1n) is 9.57. The summed E-state index contributed by atoms with van der Waals surface area (Å²) >= 11 is 3.38. The van der Waals surface area contributed by atoms with E-state index in [4.69, 9.17) is 25.7 Å². The number of benzene rings is 2. The molecule has 1 aromatic heterocycles. The Hall–Kier alpha value is -4.28. The molecular formula is C23H19BrN6O3. The highest BCUT2D eigenvalue weighted by atomic mass is 79.9. The number of halogens is 1. The van der Waals surface area contributed by atoms with Crippen molar-refractivity contribution in [3.8, 4) is 29.3 Å². The van der Waals surface area contributed by atoms with Crippen LogP contribution in [0.2, 0.25) is 0 Å². The number of nitrogens with zero attached hydrogens (tertiary/aromatic N) is 5. The van der Waals surface area contributed by atoms with E-state index in [9.17, 15) is 4.79 Å². The average Bonchev–Trinajstić information content (AvgIpc) is 3.06. The van der Waals surface area contributed by atoms with Crippen LogP contribution in [-0.2, 0) is 13.7 Å². The summed E-state index contributed by atoms with van der Waals surface area (Å²) in [6, 6.07) is 17.8. The van der Waals surface area contributed by atoms with Gasteiger partial charge >= 0.3 is 0 Å². The van der Waals surface area contributed by atoms with Crippen molar-refractivity contribution in [1.29, 1.82) is 10.5 Å². The van der Waals surface area contributed by atoms with E-state index in [1.54, 1.807) is 46.7 Å². The van der Waals surface area contributed by atoms with Gasteiger partial charge in [0.1, 0.15) is 28.9 Å². The van der Waals surface area contributed by atoms with Crippen LogP contribution in [0, 0.1) is 22.7 Å². The summed E-state index contributed by atoms with van der Waals surface area (Å²) in [5.41, 5.74) is 6.81. The molecule has 0 fully saturated rings. The number of para-hydroxylation sites is 1.